The number of ether oxygens (including phenoxy) is 1. The molecule has 0 fully saturated rings. The van der Waals surface area contributed by atoms with Gasteiger partial charge in [0.25, 0.3) is 5.69 Å². The summed E-state index contributed by atoms with van der Waals surface area (Å²) < 4.78 is 5.56. The molecule has 6 heteroatoms. The minimum absolute atomic E-state index is 0.0712. The van der Waals surface area contributed by atoms with Gasteiger partial charge in [-0.15, -0.1) is 0 Å². The molecule has 1 aromatic heterocycles. The number of hydrogen-bond donors (Lipinski definition) is 1. The Morgan fingerprint density at radius 2 is 2.16 bits per heavy atom. The van der Waals surface area contributed by atoms with Crippen LogP contribution in [0.25, 0.3) is 11.3 Å². The second-order valence-corrected chi connectivity index (χ2v) is 4.25. The van der Waals surface area contributed by atoms with Gasteiger partial charge in [0.1, 0.15) is 11.6 Å². The third kappa shape index (κ3) is 1.87. The van der Waals surface area contributed by atoms with E-state index in [4.69, 9.17) is 10.5 Å². The van der Waals surface area contributed by atoms with Gasteiger partial charge < -0.3 is 10.5 Å². The summed E-state index contributed by atoms with van der Waals surface area (Å²) in [4.78, 5) is 14.7. The number of anilines is 1. The molecule has 3 rings (SSSR count). The van der Waals surface area contributed by atoms with Crippen molar-refractivity contribution in [2.75, 3.05) is 12.3 Å². The van der Waals surface area contributed by atoms with Crippen molar-refractivity contribution in [2.24, 2.45) is 0 Å². The standard InChI is InChI=1S/C13H11N3O3/c14-11-5-4-10(16(17)18)12(15-11)9-3-1-2-8-6-7-19-13(8)9/h1-5H,6-7H2,(H2,14,15). The number of nitrogens with zero attached hydrogens (tertiary/aromatic N) is 2. The third-order valence-electron chi connectivity index (χ3n) is 3.06. The van der Waals surface area contributed by atoms with Crippen LogP contribution < -0.4 is 10.5 Å². The Morgan fingerprint density at radius 3 is 2.95 bits per heavy atom. The van der Waals surface area contributed by atoms with Crippen LogP contribution in [0.1, 0.15) is 5.56 Å². The minimum atomic E-state index is -0.462. The lowest BCUT2D eigenvalue weighted by Gasteiger charge is -2.08. The van der Waals surface area contributed by atoms with Crippen molar-refractivity contribution in [1.29, 1.82) is 0 Å². The van der Waals surface area contributed by atoms with Crippen molar-refractivity contribution in [3.05, 3.63) is 46.0 Å². The first-order valence-corrected chi connectivity index (χ1v) is 5.83. The molecule has 1 aliphatic rings. The number of fused-ring (bicyclic) bond motifs is 1. The Bertz CT molecular complexity index is 670. The first-order chi connectivity index (χ1) is 9.16. The van der Waals surface area contributed by atoms with E-state index in [0.29, 0.717) is 17.9 Å². The van der Waals surface area contributed by atoms with Crippen LogP contribution in [-0.2, 0) is 6.42 Å². The number of rotatable bonds is 2. The van der Waals surface area contributed by atoms with Gasteiger partial charge in [0, 0.05) is 18.1 Å². The van der Waals surface area contributed by atoms with E-state index in [1.54, 1.807) is 6.07 Å². The summed E-state index contributed by atoms with van der Waals surface area (Å²) in [6, 6.07) is 8.35. The van der Waals surface area contributed by atoms with E-state index in [1.165, 1.54) is 12.1 Å². The monoisotopic (exact) mass is 257 g/mol. The zero-order chi connectivity index (χ0) is 13.4. The van der Waals surface area contributed by atoms with E-state index in [1.807, 2.05) is 12.1 Å². The van der Waals surface area contributed by atoms with Crippen molar-refractivity contribution in [2.45, 2.75) is 6.42 Å². The number of nitro groups is 1. The molecule has 2 aromatic rings. The largest absolute Gasteiger partial charge is 0.492 e. The maximum absolute atomic E-state index is 11.1. The summed E-state index contributed by atoms with van der Waals surface area (Å²) in [6.07, 6.45) is 0.805. The van der Waals surface area contributed by atoms with E-state index >= 15 is 0 Å². The lowest BCUT2D eigenvalue weighted by molar-refractivity contribution is -0.384. The predicted octanol–water partition coefficient (Wildman–Crippen LogP) is 2.17. The first-order valence-electron chi connectivity index (χ1n) is 5.83. The van der Waals surface area contributed by atoms with E-state index in [0.717, 1.165) is 12.0 Å². The van der Waals surface area contributed by atoms with E-state index in [9.17, 15) is 10.1 Å². The SMILES string of the molecule is Nc1ccc([N+](=O)[O-])c(-c2cccc3c2OCC3)n1. The van der Waals surface area contributed by atoms with Gasteiger partial charge in [0.15, 0.2) is 5.69 Å². The maximum atomic E-state index is 11.1. The van der Waals surface area contributed by atoms with Gasteiger partial charge in [-0.3, -0.25) is 10.1 Å². The van der Waals surface area contributed by atoms with Crippen LogP contribution in [-0.4, -0.2) is 16.5 Å². The number of nitrogens with two attached hydrogens (primary N) is 1. The highest BCUT2D eigenvalue weighted by molar-refractivity contribution is 5.77. The summed E-state index contributed by atoms with van der Waals surface area (Å²) in [7, 11) is 0. The van der Waals surface area contributed by atoms with Crippen molar-refractivity contribution >= 4 is 11.5 Å². The average Bonchev–Trinajstić information content (AvgIpc) is 2.86. The van der Waals surface area contributed by atoms with Crippen LogP contribution in [0.3, 0.4) is 0 Å². The molecule has 0 saturated carbocycles. The number of nitrogen functional groups attached to an aromatic ring is 1. The fourth-order valence-corrected chi connectivity index (χ4v) is 2.21. The Morgan fingerprint density at radius 1 is 1.32 bits per heavy atom. The van der Waals surface area contributed by atoms with Crippen molar-refractivity contribution in [3.63, 3.8) is 0 Å². The quantitative estimate of drug-likeness (QED) is 0.657. The van der Waals surface area contributed by atoms with Crippen LogP contribution >= 0.6 is 0 Å². The second-order valence-electron chi connectivity index (χ2n) is 4.25. The summed E-state index contributed by atoms with van der Waals surface area (Å²) in [5.74, 6) is 0.917. The topological polar surface area (TPSA) is 91.3 Å². The zero-order valence-corrected chi connectivity index (χ0v) is 10.00. The molecule has 0 unspecified atom stereocenters. The molecule has 2 N–H and O–H groups in total. The predicted molar refractivity (Wildman–Crippen MR) is 69.9 cm³/mol. The number of benzene rings is 1. The molecule has 19 heavy (non-hydrogen) atoms. The van der Waals surface area contributed by atoms with Gasteiger partial charge in [-0.1, -0.05) is 12.1 Å². The smallest absolute Gasteiger partial charge is 0.295 e. The van der Waals surface area contributed by atoms with Gasteiger partial charge in [-0.25, -0.2) is 4.98 Å². The summed E-state index contributed by atoms with van der Waals surface area (Å²) in [6.45, 7) is 0.586. The van der Waals surface area contributed by atoms with Gasteiger partial charge in [-0.2, -0.15) is 0 Å². The Hall–Kier alpha value is -2.63. The van der Waals surface area contributed by atoms with Crippen LogP contribution in [0.2, 0.25) is 0 Å². The highest BCUT2D eigenvalue weighted by Crippen LogP contribution is 2.39. The molecule has 2 heterocycles. The van der Waals surface area contributed by atoms with Crippen molar-refractivity contribution < 1.29 is 9.66 Å². The first kappa shape index (κ1) is 11.5. The van der Waals surface area contributed by atoms with Gasteiger partial charge in [0.2, 0.25) is 0 Å². The molecule has 1 aromatic carbocycles. The molecule has 0 amide bonds. The van der Waals surface area contributed by atoms with Gasteiger partial charge >= 0.3 is 0 Å². The lowest BCUT2D eigenvalue weighted by Crippen LogP contribution is -1.99. The number of aromatic nitrogens is 1. The second kappa shape index (κ2) is 4.24. The summed E-state index contributed by atoms with van der Waals surface area (Å²) in [5.41, 5.74) is 7.48. The molecule has 1 aliphatic heterocycles. The minimum Gasteiger partial charge on any atom is -0.492 e. The Labute approximate surface area is 109 Å². The van der Waals surface area contributed by atoms with Gasteiger partial charge in [-0.05, 0) is 17.7 Å². The van der Waals surface area contributed by atoms with E-state index in [-0.39, 0.29) is 17.2 Å². The molecule has 0 saturated heterocycles. The van der Waals surface area contributed by atoms with Gasteiger partial charge in [0.05, 0.1) is 11.5 Å². The van der Waals surface area contributed by atoms with Crippen molar-refractivity contribution in [3.8, 4) is 17.0 Å². The normalized spacial score (nSPS) is 12.8. The lowest BCUT2D eigenvalue weighted by atomic mass is 10.0. The zero-order valence-electron chi connectivity index (χ0n) is 10.00. The molecule has 96 valence electrons. The van der Waals surface area contributed by atoms with Crippen LogP contribution in [0.4, 0.5) is 11.5 Å². The molecular weight excluding hydrogens is 246 g/mol. The summed E-state index contributed by atoms with van der Waals surface area (Å²) in [5, 5.41) is 11.1. The van der Waals surface area contributed by atoms with E-state index in [2.05, 4.69) is 4.98 Å². The highest BCUT2D eigenvalue weighted by Gasteiger charge is 2.24. The Balaban J connectivity index is 2.25. The van der Waals surface area contributed by atoms with E-state index < -0.39 is 4.92 Å². The molecule has 0 spiro atoms. The highest BCUT2D eigenvalue weighted by atomic mass is 16.6. The van der Waals surface area contributed by atoms with Crippen molar-refractivity contribution in [1.82, 2.24) is 4.98 Å². The number of para-hydroxylation sites is 1. The Kier molecular flexibility index (Phi) is 2.56. The third-order valence-corrected chi connectivity index (χ3v) is 3.06. The van der Waals surface area contributed by atoms with Crippen LogP contribution in [0.15, 0.2) is 30.3 Å². The molecular formula is C13H11N3O3. The molecule has 0 atom stereocenters. The fraction of sp³-hybridized carbons (Fsp3) is 0.154. The maximum Gasteiger partial charge on any atom is 0.295 e. The number of hydrogen-bond acceptors (Lipinski definition) is 5. The summed E-state index contributed by atoms with van der Waals surface area (Å²) >= 11 is 0. The molecule has 0 radical (unpaired) electrons. The van der Waals surface area contributed by atoms with Crippen LogP contribution in [0, 0.1) is 10.1 Å². The fourth-order valence-electron chi connectivity index (χ4n) is 2.21. The van der Waals surface area contributed by atoms with Crippen LogP contribution in [0.5, 0.6) is 5.75 Å². The average molecular weight is 257 g/mol. The molecule has 6 nitrogen and oxygen atoms in total. The molecule has 0 aliphatic carbocycles. The number of pyridine rings is 1. The molecule has 0 bridgehead atoms.